The van der Waals surface area contributed by atoms with Crippen molar-refractivity contribution in [2.75, 3.05) is 0 Å². The van der Waals surface area contributed by atoms with Gasteiger partial charge in [0.1, 0.15) is 11.6 Å². The number of nitrogens with zero attached hydrogens (tertiary/aromatic N) is 2. The van der Waals surface area contributed by atoms with E-state index < -0.39 is 11.2 Å². The van der Waals surface area contributed by atoms with Crippen LogP contribution in [0.25, 0.3) is 0 Å². The SMILES string of the molecule is CCCC(CC)n1cc(C#N)c(=O)[nH]c1=O. The Hall–Kier alpha value is -1.83. The van der Waals surface area contributed by atoms with Crippen molar-refractivity contribution in [3.05, 3.63) is 32.6 Å². The number of nitriles is 1. The third kappa shape index (κ3) is 2.40. The summed E-state index contributed by atoms with van der Waals surface area (Å²) >= 11 is 0. The molecule has 1 atom stereocenters. The van der Waals surface area contributed by atoms with Crippen molar-refractivity contribution < 1.29 is 0 Å². The summed E-state index contributed by atoms with van der Waals surface area (Å²) in [6, 6.07) is 1.82. The van der Waals surface area contributed by atoms with Crippen LogP contribution in [0.15, 0.2) is 15.8 Å². The molecule has 0 aliphatic heterocycles. The van der Waals surface area contributed by atoms with Gasteiger partial charge >= 0.3 is 5.69 Å². The fourth-order valence-corrected chi connectivity index (χ4v) is 1.71. The highest BCUT2D eigenvalue weighted by Crippen LogP contribution is 2.14. The number of hydrogen-bond acceptors (Lipinski definition) is 3. The molecule has 16 heavy (non-hydrogen) atoms. The average Bonchev–Trinajstić information content (AvgIpc) is 2.27. The van der Waals surface area contributed by atoms with Crippen LogP contribution >= 0.6 is 0 Å². The largest absolute Gasteiger partial charge is 0.328 e. The Morgan fingerprint density at radius 3 is 2.69 bits per heavy atom. The van der Waals surface area contributed by atoms with E-state index in [1.807, 2.05) is 13.8 Å². The molecule has 0 aromatic carbocycles. The lowest BCUT2D eigenvalue weighted by Gasteiger charge is -2.16. The topological polar surface area (TPSA) is 78.7 Å². The van der Waals surface area contributed by atoms with Crippen LogP contribution in [0.4, 0.5) is 0 Å². The number of rotatable bonds is 4. The van der Waals surface area contributed by atoms with Crippen LogP contribution in [0.5, 0.6) is 0 Å². The fourth-order valence-electron chi connectivity index (χ4n) is 1.71. The highest BCUT2D eigenvalue weighted by molar-refractivity contribution is 5.21. The van der Waals surface area contributed by atoms with E-state index in [1.165, 1.54) is 10.8 Å². The Labute approximate surface area is 93.4 Å². The first-order chi connectivity index (χ1) is 7.63. The van der Waals surface area contributed by atoms with Gasteiger partial charge in [-0.1, -0.05) is 20.3 Å². The van der Waals surface area contributed by atoms with Crippen LogP contribution in [0.1, 0.15) is 44.7 Å². The average molecular weight is 221 g/mol. The maximum Gasteiger partial charge on any atom is 0.328 e. The van der Waals surface area contributed by atoms with Crippen LogP contribution in [-0.2, 0) is 0 Å². The van der Waals surface area contributed by atoms with Crippen LogP contribution in [-0.4, -0.2) is 9.55 Å². The molecule has 0 fully saturated rings. The van der Waals surface area contributed by atoms with Crippen molar-refractivity contribution in [1.29, 1.82) is 5.26 Å². The van der Waals surface area contributed by atoms with Crippen molar-refractivity contribution >= 4 is 0 Å². The zero-order valence-electron chi connectivity index (χ0n) is 9.49. The molecule has 1 aromatic rings. The Bertz CT molecular complexity index is 507. The predicted octanol–water partition coefficient (Wildman–Crippen LogP) is 1.16. The van der Waals surface area contributed by atoms with Crippen molar-refractivity contribution in [1.82, 2.24) is 9.55 Å². The molecule has 0 spiro atoms. The first-order valence-electron chi connectivity index (χ1n) is 5.39. The Kier molecular flexibility index (Phi) is 4.06. The molecule has 0 saturated carbocycles. The molecule has 86 valence electrons. The minimum Gasteiger partial charge on any atom is -0.296 e. The highest BCUT2D eigenvalue weighted by Gasteiger charge is 2.11. The summed E-state index contributed by atoms with van der Waals surface area (Å²) in [5.74, 6) is 0. The molecule has 0 amide bonds. The lowest BCUT2D eigenvalue weighted by atomic mass is 10.1. The van der Waals surface area contributed by atoms with Crippen LogP contribution < -0.4 is 11.2 Å². The maximum absolute atomic E-state index is 11.6. The monoisotopic (exact) mass is 221 g/mol. The van der Waals surface area contributed by atoms with Crippen LogP contribution in [0, 0.1) is 11.3 Å². The third-order valence-electron chi connectivity index (χ3n) is 2.57. The van der Waals surface area contributed by atoms with Gasteiger partial charge in [0, 0.05) is 12.2 Å². The predicted molar refractivity (Wildman–Crippen MR) is 60.3 cm³/mol. The molecular formula is C11H15N3O2. The first kappa shape index (κ1) is 12.2. The lowest BCUT2D eigenvalue weighted by molar-refractivity contribution is 0.427. The molecule has 0 saturated heterocycles. The Morgan fingerprint density at radius 2 is 2.19 bits per heavy atom. The van der Waals surface area contributed by atoms with E-state index in [1.54, 1.807) is 6.07 Å². The van der Waals surface area contributed by atoms with E-state index in [0.29, 0.717) is 0 Å². The molecule has 1 N–H and O–H groups in total. The number of nitrogens with one attached hydrogen (secondary N) is 1. The Morgan fingerprint density at radius 1 is 1.50 bits per heavy atom. The molecule has 5 nitrogen and oxygen atoms in total. The standard InChI is InChI=1S/C11H15N3O2/c1-3-5-9(4-2)14-7-8(6-12)10(15)13-11(14)16/h7,9H,3-5H2,1-2H3,(H,13,15,16). The van der Waals surface area contributed by atoms with Crippen molar-refractivity contribution in [3.63, 3.8) is 0 Å². The zero-order chi connectivity index (χ0) is 12.1. The van der Waals surface area contributed by atoms with Crippen LogP contribution in [0.3, 0.4) is 0 Å². The summed E-state index contributed by atoms with van der Waals surface area (Å²) in [5.41, 5.74) is -1.08. The number of H-pyrrole nitrogens is 1. The quantitative estimate of drug-likeness (QED) is 0.828. The molecule has 1 heterocycles. The van der Waals surface area contributed by atoms with E-state index in [-0.39, 0.29) is 11.6 Å². The van der Waals surface area contributed by atoms with E-state index in [9.17, 15) is 9.59 Å². The minimum absolute atomic E-state index is 0.0193. The van der Waals surface area contributed by atoms with Gasteiger partial charge in [0.05, 0.1) is 0 Å². The summed E-state index contributed by atoms with van der Waals surface area (Å²) in [6.45, 7) is 4.01. The third-order valence-corrected chi connectivity index (χ3v) is 2.57. The van der Waals surface area contributed by atoms with Gasteiger partial charge in [0.25, 0.3) is 5.56 Å². The highest BCUT2D eigenvalue weighted by atomic mass is 16.2. The fraction of sp³-hybridized carbons (Fsp3) is 0.545. The molecule has 1 rings (SSSR count). The Balaban J connectivity index is 3.28. The van der Waals surface area contributed by atoms with Gasteiger partial charge in [0.2, 0.25) is 0 Å². The smallest absolute Gasteiger partial charge is 0.296 e. The van der Waals surface area contributed by atoms with E-state index in [0.717, 1.165) is 19.3 Å². The van der Waals surface area contributed by atoms with Gasteiger partial charge in [-0.3, -0.25) is 14.3 Å². The molecule has 1 unspecified atom stereocenters. The summed E-state index contributed by atoms with van der Waals surface area (Å²) in [7, 11) is 0. The van der Waals surface area contributed by atoms with Gasteiger partial charge in [-0.05, 0) is 12.8 Å². The van der Waals surface area contributed by atoms with E-state index in [2.05, 4.69) is 4.98 Å². The molecule has 0 bridgehead atoms. The van der Waals surface area contributed by atoms with E-state index in [4.69, 9.17) is 5.26 Å². The summed E-state index contributed by atoms with van der Waals surface area (Å²) < 4.78 is 1.45. The normalized spacial score (nSPS) is 12.1. The first-order valence-corrected chi connectivity index (χ1v) is 5.39. The minimum atomic E-state index is -0.616. The molecule has 5 heteroatoms. The second kappa shape index (κ2) is 5.31. The molecule has 1 aromatic heterocycles. The second-order valence-corrected chi connectivity index (χ2v) is 3.67. The number of aromatic nitrogens is 2. The molecular weight excluding hydrogens is 206 g/mol. The van der Waals surface area contributed by atoms with Gasteiger partial charge in [-0.15, -0.1) is 0 Å². The van der Waals surface area contributed by atoms with Gasteiger partial charge in [0.15, 0.2) is 0 Å². The van der Waals surface area contributed by atoms with Crippen molar-refractivity contribution in [2.24, 2.45) is 0 Å². The molecule has 0 aliphatic carbocycles. The van der Waals surface area contributed by atoms with Crippen LogP contribution in [0.2, 0.25) is 0 Å². The molecule has 0 radical (unpaired) electrons. The second-order valence-electron chi connectivity index (χ2n) is 3.67. The zero-order valence-corrected chi connectivity index (χ0v) is 9.49. The number of hydrogen-bond donors (Lipinski definition) is 1. The van der Waals surface area contributed by atoms with Crippen molar-refractivity contribution in [3.8, 4) is 6.07 Å². The van der Waals surface area contributed by atoms with E-state index >= 15 is 0 Å². The summed E-state index contributed by atoms with van der Waals surface area (Å²) in [6.07, 6.45) is 3.95. The van der Waals surface area contributed by atoms with Gasteiger partial charge in [-0.2, -0.15) is 5.26 Å². The summed E-state index contributed by atoms with van der Waals surface area (Å²) in [5, 5.41) is 8.73. The van der Waals surface area contributed by atoms with Gasteiger partial charge < -0.3 is 0 Å². The van der Waals surface area contributed by atoms with Crippen molar-refractivity contribution in [2.45, 2.75) is 39.2 Å². The molecule has 0 aliphatic rings. The lowest BCUT2D eigenvalue weighted by Crippen LogP contribution is -2.33. The number of aromatic amines is 1. The van der Waals surface area contributed by atoms with Gasteiger partial charge in [-0.25, -0.2) is 4.79 Å². The summed E-state index contributed by atoms with van der Waals surface area (Å²) in [4.78, 5) is 24.9. The maximum atomic E-state index is 11.6.